The van der Waals surface area contributed by atoms with Crippen LogP contribution in [0.5, 0.6) is 11.6 Å². The molecule has 0 aliphatic carbocycles. The van der Waals surface area contributed by atoms with Crippen LogP contribution in [-0.4, -0.2) is 15.0 Å². The van der Waals surface area contributed by atoms with Crippen molar-refractivity contribution in [2.24, 2.45) is 0 Å². The Morgan fingerprint density at radius 3 is 2.69 bits per heavy atom. The Labute approximate surface area is 152 Å². The predicted octanol–water partition coefficient (Wildman–Crippen LogP) is 4.07. The maximum atomic E-state index is 9.39. The average molecular weight is 345 g/mol. The predicted molar refractivity (Wildman–Crippen MR) is 99.0 cm³/mol. The number of nitrogens with zero attached hydrogens (tertiary/aromatic N) is 4. The summed E-state index contributed by atoms with van der Waals surface area (Å²) in [4.78, 5) is 13.0. The van der Waals surface area contributed by atoms with Crippen molar-refractivity contribution >= 4 is 5.82 Å². The van der Waals surface area contributed by atoms with Crippen molar-refractivity contribution in [2.45, 2.75) is 27.3 Å². The van der Waals surface area contributed by atoms with Gasteiger partial charge < -0.3 is 10.1 Å². The fourth-order valence-electron chi connectivity index (χ4n) is 2.56. The van der Waals surface area contributed by atoms with Crippen LogP contribution in [0.3, 0.4) is 0 Å². The van der Waals surface area contributed by atoms with Gasteiger partial charge in [0, 0.05) is 29.7 Å². The summed E-state index contributed by atoms with van der Waals surface area (Å²) in [6.45, 7) is 6.17. The molecule has 0 aromatic carbocycles. The van der Waals surface area contributed by atoms with Crippen molar-refractivity contribution in [3.05, 3.63) is 70.8 Å². The molecule has 3 aromatic heterocycles. The van der Waals surface area contributed by atoms with Gasteiger partial charge in [0.25, 0.3) is 0 Å². The molecular weight excluding hydrogens is 326 g/mol. The van der Waals surface area contributed by atoms with Crippen LogP contribution in [0, 0.1) is 32.1 Å². The molecule has 0 spiro atoms. The molecule has 6 heteroatoms. The molecule has 0 aliphatic rings. The van der Waals surface area contributed by atoms with Gasteiger partial charge in [-0.3, -0.25) is 4.98 Å². The van der Waals surface area contributed by atoms with Gasteiger partial charge in [0.15, 0.2) is 0 Å². The SMILES string of the molecule is Cc1ccc(Oc2ncccc2CNc2nc(C)cc(C)c2C#N)cn1. The van der Waals surface area contributed by atoms with Gasteiger partial charge in [-0.2, -0.15) is 5.26 Å². The van der Waals surface area contributed by atoms with Gasteiger partial charge >= 0.3 is 0 Å². The summed E-state index contributed by atoms with van der Waals surface area (Å²) < 4.78 is 5.86. The lowest BCUT2D eigenvalue weighted by molar-refractivity contribution is 0.454. The van der Waals surface area contributed by atoms with Crippen molar-refractivity contribution < 1.29 is 4.74 Å². The van der Waals surface area contributed by atoms with Crippen LogP contribution in [0.2, 0.25) is 0 Å². The van der Waals surface area contributed by atoms with E-state index in [4.69, 9.17) is 4.74 Å². The van der Waals surface area contributed by atoms with E-state index in [0.29, 0.717) is 29.6 Å². The molecule has 0 bridgehead atoms. The number of aryl methyl sites for hydroxylation is 3. The number of nitrogens with one attached hydrogen (secondary N) is 1. The van der Waals surface area contributed by atoms with Crippen LogP contribution < -0.4 is 10.1 Å². The van der Waals surface area contributed by atoms with Gasteiger partial charge in [-0.1, -0.05) is 6.07 Å². The molecular formula is C20H19N5O. The highest BCUT2D eigenvalue weighted by Crippen LogP contribution is 2.24. The highest BCUT2D eigenvalue weighted by molar-refractivity contribution is 5.56. The summed E-state index contributed by atoms with van der Waals surface area (Å²) in [6, 6.07) is 11.6. The van der Waals surface area contributed by atoms with Crippen molar-refractivity contribution in [3.63, 3.8) is 0 Å². The minimum atomic E-state index is 0.438. The number of anilines is 1. The molecule has 26 heavy (non-hydrogen) atoms. The van der Waals surface area contributed by atoms with E-state index >= 15 is 0 Å². The number of rotatable bonds is 5. The number of aromatic nitrogens is 3. The number of pyridine rings is 3. The van der Waals surface area contributed by atoms with Crippen molar-refractivity contribution in [2.75, 3.05) is 5.32 Å². The zero-order chi connectivity index (χ0) is 18.5. The van der Waals surface area contributed by atoms with Crippen LogP contribution in [0.1, 0.15) is 28.1 Å². The smallest absolute Gasteiger partial charge is 0.224 e. The molecule has 0 radical (unpaired) electrons. The van der Waals surface area contributed by atoms with Crippen molar-refractivity contribution in [1.29, 1.82) is 5.26 Å². The molecule has 3 rings (SSSR count). The van der Waals surface area contributed by atoms with Crippen LogP contribution in [0.4, 0.5) is 5.82 Å². The Morgan fingerprint density at radius 1 is 1.12 bits per heavy atom. The van der Waals surface area contributed by atoms with Crippen LogP contribution in [0.15, 0.2) is 42.7 Å². The number of ether oxygens (including phenoxy) is 1. The summed E-state index contributed by atoms with van der Waals surface area (Å²) in [7, 11) is 0. The van der Waals surface area contributed by atoms with E-state index in [9.17, 15) is 5.26 Å². The Morgan fingerprint density at radius 2 is 1.96 bits per heavy atom. The Hall–Kier alpha value is -3.46. The molecule has 0 amide bonds. The third kappa shape index (κ3) is 3.95. The van der Waals surface area contributed by atoms with Gasteiger partial charge in [0.05, 0.1) is 11.8 Å². The minimum absolute atomic E-state index is 0.438. The van der Waals surface area contributed by atoms with E-state index in [-0.39, 0.29) is 0 Å². The molecule has 0 unspecified atom stereocenters. The first-order chi connectivity index (χ1) is 12.6. The molecule has 130 valence electrons. The van der Waals surface area contributed by atoms with Gasteiger partial charge in [-0.15, -0.1) is 0 Å². The molecule has 6 nitrogen and oxygen atoms in total. The van der Waals surface area contributed by atoms with Crippen LogP contribution in [0.25, 0.3) is 0 Å². The molecule has 0 atom stereocenters. The standard InChI is InChI=1S/C20H19N5O/c1-13-9-15(3)25-19(18(13)10-21)24-11-16-5-4-8-22-20(16)26-17-7-6-14(2)23-12-17/h4-9,12H,11H2,1-3H3,(H,24,25). The lowest BCUT2D eigenvalue weighted by Gasteiger charge is -2.13. The van der Waals surface area contributed by atoms with Gasteiger partial charge in [-0.05, 0) is 50.6 Å². The molecule has 0 fully saturated rings. The van der Waals surface area contributed by atoms with Gasteiger partial charge in [-0.25, -0.2) is 9.97 Å². The van der Waals surface area contributed by atoms with E-state index in [1.54, 1.807) is 12.4 Å². The van der Waals surface area contributed by atoms with Crippen LogP contribution in [-0.2, 0) is 6.54 Å². The molecule has 3 heterocycles. The molecule has 3 aromatic rings. The van der Waals surface area contributed by atoms with Gasteiger partial charge in [0.2, 0.25) is 5.88 Å². The number of hydrogen-bond donors (Lipinski definition) is 1. The zero-order valence-electron chi connectivity index (χ0n) is 14.9. The van der Waals surface area contributed by atoms with E-state index < -0.39 is 0 Å². The minimum Gasteiger partial charge on any atom is -0.437 e. The Bertz CT molecular complexity index is 961. The topological polar surface area (TPSA) is 83.7 Å². The summed E-state index contributed by atoms with van der Waals surface area (Å²) in [6.07, 6.45) is 3.34. The van der Waals surface area contributed by atoms with E-state index in [1.165, 1.54) is 0 Å². The largest absolute Gasteiger partial charge is 0.437 e. The fourth-order valence-corrected chi connectivity index (χ4v) is 2.56. The number of hydrogen-bond acceptors (Lipinski definition) is 6. The van der Waals surface area contributed by atoms with Crippen molar-refractivity contribution in [1.82, 2.24) is 15.0 Å². The Kier molecular flexibility index (Phi) is 5.09. The molecule has 1 N–H and O–H groups in total. The van der Waals surface area contributed by atoms with E-state index in [1.807, 2.05) is 51.1 Å². The van der Waals surface area contributed by atoms with Crippen LogP contribution >= 0.6 is 0 Å². The lowest BCUT2D eigenvalue weighted by atomic mass is 10.1. The summed E-state index contributed by atoms with van der Waals surface area (Å²) >= 11 is 0. The number of nitriles is 1. The maximum absolute atomic E-state index is 9.39. The lowest BCUT2D eigenvalue weighted by Crippen LogP contribution is -2.07. The third-order valence-corrected chi connectivity index (χ3v) is 3.85. The highest BCUT2D eigenvalue weighted by atomic mass is 16.5. The summed E-state index contributed by atoms with van der Waals surface area (Å²) in [5.41, 5.74) is 4.08. The third-order valence-electron chi connectivity index (χ3n) is 3.85. The zero-order valence-corrected chi connectivity index (χ0v) is 14.9. The second-order valence-corrected chi connectivity index (χ2v) is 5.97. The first kappa shape index (κ1) is 17.4. The quantitative estimate of drug-likeness (QED) is 0.750. The summed E-state index contributed by atoms with van der Waals surface area (Å²) in [5, 5.41) is 12.6. The normalized spacial score (nSPS) is 10.2. The van der Waals surface area contributed by atoms with Gasteiger partial charge in [0.1, 0.15) is 17.6 Å². The molecule has 0 aliphatic heterocycles. The van der Waals surface area contributed by atoms with E-state index in [0.717, 1.165) is 22.5 Å². The fraction of sp³-hybridized carbons (Fsp3) is 0.200. The first-order valence-corrected chi connectivity index (χ1v) is 8.23. The summed E-state index contributed by atoms with van der Waals surface area (Å²) in [5.74, 6) is 1.68. The second kappa shape index (κ2) is 7.62. The highest BCUT2D eigenvalue weighted by Gasteiger charge is 2.11. The average Bonchev–Trinajstić information content (AvgIpc) is 2.62. The van der Waals surface area contributed by atoms with E-state index in [2.05, 4.69) is 26.3 Å². The monoisotopic (exact) mass is 345 g/mol. The molecule has 0 saturated heterocycles. The van der Waals surface area contributed by atoms with Crippen molar-refractivity contribution in [3.8, 4) is 17.7 Å². The maximum Gasteiger partial charge on any atom is 0.224 e. The first-order valence-electron chi connectivity index (χ1n) is 8.23. The molecule has 0 saturated carbocycles. The Balaban J connectivity index is 1.81. The second-order valence-electron chi connectivity index (χ2n) is 5.97.